The van der Waals surface area contributed by atoms with Gasteiger partial charge in [0.1, 0.15) is 5.54 Å². The summed E-state index contributed by atoms with van der Waals surface area (Å²) in [5.41, 5.74) is 0.616. The molecule has 132 valence electrons. The Bertz CT molecular complexity index is 734. The molecule has 2 saturated heterocycles. The van der Waals surface area contributed by atoms with Crippen molar-refractivity contribution in [2.75, 3.05) is 26.2 Å². The third-order valence-corrected chi connectivity index (χ3v) is 5.89. The van der Waals surface area contributed by atoms with Crippen molar-refractivity contribution in [3.63, 3.8) is 0 Å². The Morgan fingerprint density at radius 3 is 2.48 bits per heavy atom. The van der Waals surface area contributed by atoms with Gasteiger partial charge < -0.3 is 4.90 Å². The summed E-state index contributed by atoms with van der Waals surface area (Å²) in [5.74, 6) is 0.236. The summed E-state index contributed by atoms with van der Waals surface area (Å²) in [5, 5.41) is 5.24. The van der Waals surface area contributed by atoms with E-state index in [1.54, 1.807) is 6.20 Å². The van der Waals surface area contributed by atoms with Crippen molar-refractivity contribution >= 4 is 17.5 Å². The molecule has 5 nitrogen and oxygen atoms in total. The second-order valence-corrected chi connectivity index (χ2v) is 7.40. The van der Waals surface area contributed by atoms with Crippen LogP contribution >= 0.6 is 11.6 Å². The molecular formula is C19H23ClN4O. The Balaban J connectivity index is 1.50. The predicted octanol–water partition coefficient (Wildman–Crippen LogP) is 2.76. The highest BCUT2D eigenvalue weighted by Crippen LogP contribution is 2.34. The van der Waals surface area contributed by atoms with Gasteiger partial charge in [-0.25, -0.2) is 0 Å². The van der Waals surface area contributed by atoms with Crippen molar-refractivity contribution in [3.8, 4) is 0 Å². The van der Waals surface area contributed by atoms with E-state index in [4.69, 9.17) is 11.6 Å². The first kappa shape index (κ1) is 16.6. The number of hydrogen-bond acceptors (Lipinski definition) is 3. The average molecular weight is 359 g/mol. The van der Waals surface area contributed by atoms with E-state index in [-0.39, 0.29) is 5.91 Å². The van der Waals surface area contributed by atoms with Crippen LogP contribution in [0.1, 0.15) is 24.8 Å². The minimum atomic E-state index is -0.527. The van der Waals surface area contributed by atoms with Crippen molar-refractivity contribution in [3.05, 3.63) is 53.3 Å². The molecule has 1 aromatic carbocycles. The summed E-state index contributed by atoms with van der Waals surface area (Å²) in [6.45, 7) is 4.32. The van der Waals surface area contributed by atoms with Gasteiger partial charge >= 0.3 is 0 Å². The number of halogens is 1. The number of likely N-dealkylation sites (tertiary alicyclic amines) is 2. The number of piperidine rings is 1. The Kier molecular flexibility index (Phi) is 4.52. The number of nitrogens with zero attached hydrogens (tertiary/aromatic N) is 4. The molecule has 0 saturated carbocycles. The highest BCUT2D eigenvalue weighted by atomic mass is 35.5. The van der Waals surface area contributed by atoms with Crippen LogP contribution in [0.4, 0.5) is 0 Å². The van der Waals surface area contributed by atoms with E-state index in [1.807, 2.05) is 40.0 Å². The van der Waals surface area contributed by atoms with Crippen LogP contribution in [0.25, 0.3) is 0 Å². The van der Waals surface area contributed by atoms with Gasteiger partial charge in [-0.05, 0) is 37.0 Å². The number of amides is 1. The van der Waals surface area contributed by atoms with Gasteiger partial charge in [-0.1, -0.05) is 29.8 Å². The Morgan fingerprint density at radius 2 is 1.88 bits per heavy atom. The van der Waals surface area contributed by atoms with Gasteiger partial charge in [0.25, 0.3) is 5.91 Å². The first-order valence-electron chi connectivity index (χ1n) is 8.94. The fourth-order valence-electron chi connectivity index (χ4n) is 3.83. The van der Waals surface area contributed by atoms with E-state index in [1.165, 1.54) is 0 Å². The smallest absolute Gasteiger partial charge is 0.250 e. The van der Waals surface area contributed by atoms with Crippen LogP contribution in [0.15, 0.2) is 42.7 Å². The maximum atomic E-state index is 13.1. The van der Waals surface area contributed by atoms with E-state index in [9.17, 15) is 4.79 Å². The van der Waals surface area contributed by atoms with Gasteiger partial charge in [-0.2, -0.15) is 5.10 Å². The minimum absolute atomic E-state index is 0.236. The van der Waals surface area contributed by atoms with E-state index in [0.717, 1.165) is 62.6 Å². The highest BCUT2D eigenvalue weighted by molar-refractivity contribution is 6.31. The predicted molar refractivity (Wildman–Crippen MR) is 97.4 cm³/mol. The quantitative estimate of drug-likeness (QED) is 0.844. The second kappa shape index (κ2) is 6.81. The molecule has 4 rings (SSSR count). The average Bonchev–Trinajstić information content (AvgIpc) is 3.11. The number of hydrogen-bond donors (Lipinski definition) is 0. The molecule has 1 aromatic heterocycles. The summed E-state index contributed by atoms with van der Waals surface area (Å²) in [6.07, 6.45) is 6.38. The van der Waals surface area contributed by atoms with Crippen molar-refractivity contribution in [1.82, 2.24) is 19.6 Å². The lowest BCUT2D eigenvalue weighted by atomic mass is 9.85. The van der Waals surface area contributed by atoms with Crippen LogP contribution in [0.2, 0.25) is 5.02 Å². The zero-order valence-corrected chi connectivity index (χ0v) is 15.0. The number of benzene rings is 1. The molecule has 0 aliphatic carbocycles. The molecule has 2 fully saturated rings. The molecule has 2 aromatic rings. The lowest BCUT2D eigenvalue weighted by Crippen LogP contribution is -2.59. The van der Waals surface area contributed by atoms with Crippen molar-refractivity contribution < 1.29 is 4.79 Å². The third-order valence-electron chi connectivity index (χ3n) is 5.52. The van der Waals surface area contributed by atoms with E-state index in [0.29, 0.717) is 0 Å². The van der Waals surface area contributed by atoms with E-state index in [2.05, 4.69) is 16.1 Å². The Labute approximate surface area is 153 Å². The van der Waals surface area contributed by atoms with Crippen molar-refractivity contribution in [1.29, 1.82) is 0 Å². The maximum absolute atomic E-state index is 13.1. The normalized spacial score (nSPS) is 20.3. The summed E-state index contributed by atoms with van der Waals surface area (Å²) in [6, 6.07) is 9.88. The number of carbonyl (C=O) groups is 1. The molecule has 0 N–H and O–H groups in total. The van der Waals surface area contributed by atoms with Crippen LogP contribution in [0, 0.1) is 0 Å². The van der Waals surface area contributed by atoms with Gasteiger partial charge in [0.2, 0.25) is 0 Å². The summed E-state index contributed by atoms with van der Waals surface area (Å²) >= 11 is 6.30. The van der Waals surface area contributed by atoms with Gasteiger partial charge in [-0.3, -0.25) is 14.4 Å². The fourth-order valence-corrected chi connectivity index (χ4v) is 4.02. The molecule has 6 heteroatoms. The lowest BCUT2D eigenvalue weighted by molar-refractivity contribution is -0.148. The molecule has 0 bridgehead atoms. The molecule has 0 atom stereocenters. The third kappa shape index (κ3) is 3.07. The van der Waals surface area contributed by atoms with Crippen LogP contribution in [-0.2, 0) is 16.9 Å². The fraction of sp³-hybridized carbons (Fsp3) is 0.474. The number of carbonyl (C=O) groups excluding carboxylic acids is 1. The highest BCUT2D eigenvalue weighted by Gasteiger charge is 2.46. The van der Waals surface area contributed by atoms with Crippen LogP contribution in [0.5, 0.6) is 0 Å². The second-order valence-electron chi connectivity index (χ2n) is 7.00. The SMILES string of the molecule is O=C(N1CCC1)C1(n2cccn2)CCN(Cc2ccccc2Cl)CC1. The Hall–Kier alpha value is -1.85. The standard InChI is InChI=1S/C19H23ClN4O/c20-17-6-2-1-5-16(17)15-22-13-7-19(8-14-22,24-12-3-9-21-24)18(25)23-10-4-11-23/h1-3,5-6,9,12H,4,7-8,10-11,13-15H2. The van der Waals surface area contributed by atoms with Crippen molar-refractivity contribution in [2.45, 2.75) is 31.3 Å². The van der Waals surface area contributed by atoms with Gasteiger partial charge in [0, 0.05) is 50.1 Å². The number of aromatic nitrogens is 2. The largest absolute Gasteiger partial charge is 0.340 e. The van der Waals surface area contributed by atoms with Crippen LogP contribution < -0.4 is 0 Å². The zero-order chi connectivity index (χ0) is 17.3. The monoisotopic (exact) mass is 358 g/mol. The molecule has 2 aliphatic heterocycles. The molecule has 25 heavy (non-hydrogen) atoms. The maximum Gasteiger partial charge on any atom is 0.250 e. The van der Waals surface area contributed by atoms with Gasteiger partial charge in [0.15, 0.2) is 0 Å². The summed E-state index contributed by atoms with van der Waals surface area (Å²) in [7, 11) is 0. The molecule has 0 spiro atoms. The molecule has 0 radical (unpaired) electrons. The van der Waals surface area contributed by atoms with Crippen molar-refractivity contribution in [2.24, 2.45) is 0 Å². The number of rotatable bonds is 4. The Morgan fingerprint density at radius 1 is 1.12 bits per heavy atom. The van der Waals surface area contributed by atoms with Gasteiger partial charge in [-0.15, -0.1) is 0 Å². The molecule has 1 amide bonds. The topological polar surface area (TPSA) is 41.4 Å². The molecule has 0 unspecified atom stereocenters. The first-order chi connectivity index (χ1) is 12.2. The zero-order valence-electron chi connectivity index (χ0n) is 14.3. The van der Waals surface area contributed by atoms with Crippen LogP contribution in [-0.4, -0.2) is 51.7 Å². The first-order valence-corrected chi connectivity index (χ1v) is 9.32. The summed E-state index contributed by atoms with van der Waals surface area (Å²) in [4.78, 5) is 17.5. The molecular weight excluding hydrogens is 336 g/mol. The van der Waals surface area contributed by atoms with E-state index < -0.39 is 5.54 Å². The molecule has 2 aliphatic rings. The van der Waals surface area contributed by atoms with E-state index >= 15 is 0 Å². The lowest BCUT2D eigenvalue weighted by Gasteiger charge is -2.45. The van der Waals surface area contributed by atoms with Crippen LogP contribution in [0.3, 0.4) is 0 Å². The molecule has 3 heterocycles. The summed E-state index contributed by atoms with van der Waals surface area (Å²) < 4.78 is 1.89. The van der Waals surface area contributed by atoms with Gasteiger partial charge in [0.05, 0.1) is 0 Å². The minimum Gasteiger partial charge on any atom is -0.340 e.